The monoisotopic (exact) mass is 238 g/mol. The number of carbonyl (C=O) groups is 1. The number of benzene rings is 1. The van der Waals surface area contributed by atoms with Crippen LogP contribution in [0.5, 0.6) is 5.75 Å². The first-order chi connectivity index (χ1) is 8.21. The second kappa shape index (κ2) is 6.88. The second-order valence-corrected chi connectivity index (χ2v) is 3.44. The van der Waals surface area contributed by atoms with Gasteiger partial charge in [0.25, 0.3) is 0 Å². The summed E-state index contributed by atoms with van der Waals surface area (Å²) in [6.45, 7) is 2.89. The van der Waals surface area contributed by atoms with Gasteiger partial charge in [-0.25, -0.2) is 0 Å². The number of rotatable bonds is 6. The maximum Gasteiger partial charge on any atom is 0.250 e. The summed E-state index contributed by atoms with van der Waals surface area (Å²) in [5.74, 6) is 0.555. The maximum atomic E-state index is 11.3. The van der Waals surface area contributed by atoms with Crippen LogP contribution in [0.2, 0.25) is 0 Å². The Morgan fingerprint density at radius 2 is 2.24 bits per heavy atom. The van der Waals surface area contributed by atoms with Crippen molar-refractivity contribution in [3.63, 3.8) is 0 Å². The summed E-state index contributed by atoms with van der Waals surface area (Å²) < 4.78 is 10.2. The summed E-state index contributed by atoms with van der Waals surface area (Å²) in [6.07, 6.45) is 0. The Bertz CT molecular complexity index is 380. The number of hydrogen-bond acceptors (Lipinski definition) is 4. The van der Waals surface area contributed by atoms with Gasteiger partial charge in [-0.05, 0) is 25.1 Å². The third-order valence-electron chi connectivity index (χ3n) is 2.14. The van der Waals surface area contributed by atoms with E-state index >= 15 is 0 Å². The van der Waals surface area contributed by atoms with E-state index in [4.69, 9.17) is 15.2 Å². The van der Waals surface area contributed by atoms with E-state index in [1.165, 1.54) is 7.11 Å². The topological polar surface area (TPSA) is 73.6 Å². The molecule has 0 aliphatic heterocycles. The molecule has 17 heavy (non-hydrogen) atoms. The van der Waals surface area contributed by atoms with Crippen LogP contribution in [0.4, 0.5) is 5.69 Å². The summed E-state index contributed by atoms with van der Waals surface area (Å²) in [4.78, 5) is 11.3. The average molecular weight is 238 g/mol. The predicted molar refractivity (Wildman–Crippen MR) is 66.0 cm³/mol. The molecule has 1 aromatic rings. The standard InChI is InChI=1S/C12H18N2O3/c1-3-17-11-5-4-10(6-9(11)7-13)14-12(15)8-16-2/h4-6H,3,7-8,13H2,1-2H3,(H,14,15). The lowest BCUT2D eigenvalue weighted by molar-refractivity contribution is -0.119. The molecule has 0 saturated carbocycles. The van der Waals surface area contributed by atoms with Crippen LogP contribution in [0.3, 0.4) is 0 Å². The molecule has 3 N–H and O–H groups in total. The van der Waals surface area contributed by atoms with Crippen molar-refractivity contribution in [3.8, 4) is 5.75 Å². The van der Waals surface area contributed by atoms with Crippen molar-refractivity contribution in [2.24, 2.45) is 5.73 Å². The van der Waals surface area contributed by atoms with Gasteiger partial charge in [0.2, 0.25) is 5.91 Å². The fourth-order valence-electron chi connectivity index (χ4n) is 1.44. The molecule has 5 nitrogen and oxygen atoms in total. The molecule has 0 bridgehead atoms. The van der Waals surface area contributed by atoms with Gasteiger partial charge in [0.05, 0.1) is 6.61 Å². The second-order valence-electron chi connectivity index (χ2n) is 3.44. The third-order valence-corrected chi connectivity index (χ3v) is 2.14. The van der Waals surface area contributed by atoms with Crippen molar-refractivity contribution in [2.75, 3.05) is 25.6 Å². The minimum absolute atomic E-state index is 0.0329. The smallest absolute Gasteiger partial charge is 0.250 e. The number of carbonyl (C=O) groups excluding carboxylic acids is 1. The van der Waals surface area contributed by atoms with Gasteiger partial charge in [-0.15, -0.1) is 0 Å². The van der Waals surface area contributed by atoms with Crippen molar-refractivity contribution >= 4 is 11.6 Å². The zero-order valence-electron chi connectivity index (χ0n) is 10.2. The van der Waals surface area contributed by atoms with Crippen molar-refractivity contribution < 1.29 is 14.3 Å². The number of hydrogen-bond donors (Lipinski definition) is 2. The lowest BCUT2D eigenvalue weighted by Crippen LogP contribution is -2.17. The van der Waals surface area contributed by atoms with Gasteiger partial charge >= 0.3 is 0 Å². The van der Waals surface area contributed by atoms with E-state index < -0.39 is 0 Å². The van der Waals surface area contributed by atoms with E-state index in [0.29, 0.717) is 18.8 Å². The van der Waals surface area contributed by atoms with Gasteiger partial charge in [0.15, 0.2) is 0 Å². The van der Waals surface area contributed by atoms with Gasteiger partial charge in [-0.1, -0.05) is 0 Å². The molecular formula is C12H18N2O3. The fourth-order valence-corrected chi connectivity index (χ4v) is 1.44. The molecule has 0 unspecified atom stereocenters. The van der Waals surface area contributed by atoms with Crippen LogP contribution >= 0.6 is 0 Å². The van der Waals surface area contributed by atoms with E-state index in [0.717, 1.165) is 11.3 Å². The number of methoxy groups -OCH3 is 1. The summed E-state index contributed by atoms with van der Waals surface area (Å²) >= 11 is 0. The Morgan fingerprint density at radius 1 is 1.47 bits per heavy atom. The fraction of sp³-hybridized carbons (Fsp3) is 0.417. The minimum Gasteiger partial charge on any atom is -0.494 e. The van der Waals surface area contributed by atoms with Crippen LogP contribution in [-0.2, 0) is 16.1 Å². The van der Waals surface area contributed by atoms with Crippen molar-refractivity contribution in [1.29, 1.82) is 0 Å². The number of nitrogens with one attached hydrogen (secondary N) is 1. The largest absolute Gasteiger partial charge is 0.494 e. The van der Waals surface area contributed by atoms with Crippen LogP contribution in [-0.4, -0.2) is 26.2 Å². The first-order valence-electron chi connectivity index (χ1n) is 5.45. The molecule has 0 atom stereocenters. The molecule has 0 radical (unpaired) electrons. The van der Waals surface area contributed by atoms with Gasteiger partial charge in [-0.3, -0.25) is 4.79 Å². The van der Waals surface area contributed by atoms with Crippen molar-refractivity contribution in [3.05, 3.63) is 23.8 Å². The normalized spacial score (nSPS) is 10.1. The highest BCUT2D eigenvalue weighted by atomic mass is 16.5. The number of nitrogens with two attached hydrogens (primary N) is 1. The molecule has 0 heterocycles. The van der Waals surface area contributed by atoms with E-state index in [1.807, 2.05) is 6.92 Å². The molecular weight excluding hydrogens is 220 g/mol. The summed E-state index contributed by atoms with van der Waals surface area (Å²) in [7, 11) is 1.48. The van der Waals surface area contributed by atoms with Gasteiger partial charge in [-0.2, -0.15) is 0 Å². The lowest BCUT2D eigenvalue weighted by atomic mass is 10.1. The number of amides is 1. The van der Waals surface area contributed by atoms with Gasteiger partial charge < -0.3 is 20.5 Å². The van der Waals surface area contributed by atoms with Crippen molar-refractivity contribution in [2.45, 2.75) is 13.5 Å². The highest BCUT2D eigenvalue weighted by molar-refractivity contribution is 5.91. The molecule has 1 aromatic carbocycles. The molecule has 0 aliphatic rings. The van der Waals surface area contributed by atoms with Crippen LogP contribution in [0.1, 0.15) is 12.5 Å². The summed E-state index contributed by atoms with van der Waals surface area (Å²) in [5, 5.41) is 2.71. The van der Waals surface area contributed by atoms with Gasteiger partial charge in [0, 0.05) is 24.9 Å². The first kappa shape index (κ1) is 13.5. The Morgan fingerprint density at radius 3 is 2.82 bits per heavy atom. The van der Waals surface area contributed by atoms with E-state index in [-0.39, 0.29) is 12.5 Å². The van der Waals surface area contributed by atoms with Crippen LogP contribution < -0.4 is 15.8 Å². The van der Waals surface area contributed by atoms with Crippen LogP contribution in [0, 0.1) is 0 Å². The molecule has 1 rings (SSSR count). The van der Waals surface area contributed by atoms with E-state index in [1.54, 1.807) is 18.2 Å². The molecule has 5 heteroatoms. The molecule has 1 amide bonds. The Balaban J connectivity index is 2.78. The van der Waals surface area contributed by atoms with Crippen molar-refractivity contribution in [1.82, 2.24) is 0 Å². The van der Waals surface area contributed by atoms with E-state index in [9.17, 15) is 4.79 Å². The van der Waals surface area contributed by atoms with Crippen LogP contribution in [0.15, 0.2) is 18.2 Å². The SMILES string of the molecule is CCOc1ccc(NC(=O)COC)cc1CN. The molecule has 0 saturated heterocycles. The average Bonchev–Trinajstić information content (AvgIpc) is 2.31. The third kappa shape index (κ3) is 4.05. The number of ether oxygens (including phenoxy) is 2. The Kier molecular flexibility index (Phi) is 5.45. The summed E-state index contributed by atoms with van der Waals surface area (Å²) in [6, 6.07) is 5.38. The van der Waals surface area contributed by atoms with Crippen LogP contribution in [0.25, 0.3) is 0 Å². The highest BCUT2D eigenvalue weighted by Gasteiger charge is 2.06. The zero-order chi connectivity index (χ0) is 12.7. The Hall–Kier alpha value is -1.59. The molecule has 94 valence electrons. The predicted octanol–water partition coefficient (Wildman–Crippen LogP) is 1.13. The maximum absolute atomic E-state index is 11.3. The molecule has 0 aromatic heterocycles. The minimum atomic E-state index is -0.195. The van der Waals surface area contributed by atoms with E-state index in [2.05, 4.69) is 5.32 Å². The highest BCUT2D eigenvalue weighted by Crippen LogP contribution is 2.22. The molecule has 0 spiro atoms. The van der Waals surface area contributed by atoms with Gasteiger partial charge in [0.1, 0.15) is 12.4 Å². The molecule has 0 fully saturated rings. The Labute approximate surface area is 101 Å². The lowest BCUT2D eigenvalue weighted by Gasteiger charge is -2.11. The number of anilines is 1. The molecule has 0 aliphatic carbocycles. The first-order valence-corrected chi connectivity index (χ1v) is 5.45. The zero-order valence-corrected chi connectivity index (χ0v) is 10.2. The summed E-state index contributed by atoms with van der Waals surface area (Å²) in [5.41, 5.74) is 7.18. The quantitative estimate of drug-likeness (QED) is 0.779.